The van der Waals surface area contributed by atoms with Crippen LogP contribution >= 0.6 is 0 Å². The molecule has 1 aliphatic rings. The Kier molecular flexibility index (Phi) is 5.68. The van der Waals surface area contributed by atoms with E-state index in [1.807, 2.05) is 50.4 Å². The van der Waals surface area contributed by atoms with Gasteiger partial charge in [-0.25, -0.2) is 24.6 Å². The van der Waals surface area contributed by atoms with E-state index in [2.05, 4.69) is 35.5 Å². The molecule has 0 unspecified atom stereocenters. The zero-order chi connectivity index (χ0) is 25.4. The molecule has 0 atom stereocenters. The largest absolute Gasteiger partial charge is 0.457 e. The highest BCUT2D eigenvalue weighted by molar-refractivity contribution is 5.87. The number of nitrogens with zero attached hydrogens (tertiary/aromatic N) is 9. The van der Waals surface area contributed by atoms with Gasteiger partial charge in [0, 0.05) is 45.0 Å². The highest BCUT2D eigenvalue weighted by atomic mass is 16.5. The minimum Gasteiger partial charge on any atom is -0.457 e. The topological polar surface area (TPSA) is 127 Å². The van der Waals surface area contributed by atoms with Crippen molar-refractivity contribution in [3.8, 4) is 11.5 Å². The fourth-order valence-electron chi connectivity index (χ4n) is 4.31. The van der Waals surface area contributed by atoms with E-state index in [4.69, 9.17) is 9.72 Å². The van der Waals surface area contributed by atoms with E-state index in [0.717, 1.165) is 34.4 Å². The molecule has 0 saturated carbocycles. The van der Waals surface area contributed by atoms with E-state index in [-0.39, 0.29) is 0 Å². The lowest BCUT2D eigenvalue weighted by atomic mass is 10.2. The molecule has 0 radical (unpaired) electrons. The van der Waals surface area contributed by atoms with Crippen molar-refractivity contribution in [3.63, 3.8) is 0 Å². The van der Waals surface area contributed by atoms with Gasteiger partial charge in [-0.2, -0.15) is 0 Å². The highest BCUT2D eigenvalue weighted by Crippen LogP contribution is 2.30. The molecule has 12 nitrogen and oxygen atoms in total. The summed E-state index contributed by atoms with van der Waals surface area (Å²) in [6, 6.07) is 11.5. The first-order valence-electron chi connectivity index (χ1n) is 11.8. The van der Waals surface area contributed by atoms with Gasteiger partial charge in [0.1, 0.15) is 34.4 Å². The van der Waals surface area contributed by atoms with Crippen molar-refractivity contribution >= 4 is 45.9 Å². The quantitative estimate of drug-likeness (QED) is 0.351. The van der Waals surface area contributed by atoms with Crippen molar-refractivity contribution in [1.82, 2.24) is 39.8 Å². The van der Waals surface area contributed by atoms with Crippen LogP contribution in [0.25, 0.3) is 22.1 Å². The van der Waals surface area contributed by atoms with E-state index in [1.54, 1.807) is 15.8 Å². The van der Waals surface area contributed by atoms with Crippen LogP contribution in [0, 0.1) is 6.92 Å². The third-order valence-corrected chi connectivity index (χ3v) is 6.36. The molecular formula is C25H24N10O2. The summed E-state index contributed by atoms with van der Waals surface area (Å²) in [6.45, 7) is 4.61. The summed E-state index contributed by atoms with van der Waals surface area (Å²) in [5, 5.41) is 11.6. The summed E-state index contributed by atoms with van der Waals surface area (Å²) in [7, 11) is 1.86. The molecule has 0 spiro atoms. The fraction of sp³-hybridized carbons (Fsp3) is 0.240. The molecule has 12 heteroatoms. The Morgan fingerprint density at radius 3 is 2.68 bits per heavy atom. The summed E-state index contributed by atoms with van der Waals surface area (Å²) < 4.78 is 7.84. The molecule has 1 fully saturated rings. The van der Waals surface area contributed by atoms with Gasteiger partial charge in [-0.05, 0) is 42.8 Å². The molecule has 2 aromatic carbocycles. The molecule has 37 heavy (non-hydrogen) atoms. The van der Waals surface area contributed by atoms with Crippen molar-refractivity contribution in [2.75, 3.05) is 36.4 Å². The molecule has 0 bridgehead atoms. The molecule has 186 valence electrons. The van der Waals surface area contributed by atoms with Crippen LogP contribution < -0.4 is 15.0 Å². The van der Waals surface area contributed by atoms with Gasteiger partial charge >= 0.3 is 0 Å². The summed E-state index contributed by atoms with van der Waals surface area (Å²) >= 11 is 0. The Morgan fingerprint density at radius 1 is 1.00 bits per heavy atom. The molecule has 5 aromatic rings. The number of rotatable bonds is 6. The van der Waals surface area contributed by atoms with Crippen LogP contribution in [0.1, 0.15) is 5.56 Å². The van der Waals surface area contributed by atoms with Crippen LogP contribution in [0.3, 0.4) is 0 Å². The third-order valence-electron chi connectivity index (χ3n) is 6.36. The van der Waals surface area contributed by atoms with Gasteiger partial charge in [-0.1, -0.05) is 5.21 Å². The molecule has 4 heterocycles. The Balaban J connectivity index is 1.23. The number of amides is 1. The Bertz CT molecular complexity index is 1610. The summed E-state index contributed by atoms with van der Waals surface area (Å²) in [5.41, 5.74) is 4.78. The van der Waals surface area contributed by atoms with Crippen LogP contribution in [-0.4, -0.2) is 72.4 Å². The van der Waals surface area contributed by atoms with Crippen LogP contribution in [-0.2, 0) is 11.8 Å². The molecule has 0 aliphatic carbocycles. The summed E-state index contributed by atoms with van der Waals surface area (Å²) in [6.07, 6.45) is 4.07. The lowest BCUT2D eigenvalue weighted by Gasteiger charge is -2.32. The predicted molar refractivity (Wildman–Crippen MR) is 138 cm³/mol. The van der Waals surface area contributed by atoms with E-state index in [0.29, 0.717) is 54.7 Å². The van der Waals surface area contributed by atoms with Crippen LogP contribution in [0.2, 0.25) is 0 Å². The number of anilines is 3. The number of carbonyl (C=O) groups excluding carboxylic acids is 1. The second kappa shape index (κ2) is 9.30. The number of aryl methyl sites for hydroxylation is 2. The number of piperazine rings is 1. The molecule has 1 N–H and O–H groups in total. The monoisotopic (exact) mass is 496 g/mol. The summed E-state index contributed by atoms with van der Waals surface area (Å²) in [4.78, 5) is 32.8. The molecule has 6 rings (SSSR count). The average molecular weight is 497 g/mol. The van der Waals surface area contributed by atoms with Gasteiger partial charge in [-0.3, -0.25) is 4.79 Å². The maximum absolute atomic E-state index is 11.0. The minimum absolute atomic E-state index is 0.585. The van der Waals surface area contributed by atoms with E-state index in [9.17, 15) is 4.79 Å². The van der Waals surface area contributed by atoms with Gasteiger partial charge in [0.2, 0.25) is 12.4 Å². The number of benzene rings is 2. The second-order valence-electron chi connectivity index (χ2n) is 8.83. The van der Waals surface area contributed by atoms with E-state index in [1.165, 1.54) is 6.33 Å². The number of ether oxygens (including phenoxy) is 1. The summed E-state index contributed by atoms with van der Waals surface area (Å²) in [5.74, 6) is 2.61. The van der Waals surface area contributed by atoms with E-state index >= 15 is 0 Å². The second-order valence-corrected chi connectivity index (χ2v) is 8.83. The maximum atomic E-state index is 11.0. The van der Waals surface area contributed by atoms with Crippen molar-refractivity contribution in [3.05, 3.63) is 54.5 Å². The molecule has 1 amide bonds. The first kappa shape index (κ1) is 22.6. The Labute approximate surface area is 211 Å². The standard InChI is InChI=1S/C25H24N10O2/c1-16-11-17(3-6-22(16)37-18-4-5-21-19(12-18)31-32-33(21)2)29-24-23-20(27-14-28-24)13-26-25(30-23)35-9-7-34(15-36)8-10-35/h3-6,11-15H,7-10H2,1-2H3,(H,27,28,29). The molecule has 3 aromatic heterocycles. The zero-order valence-corrected chi connectivity index (χ0v) is 20.4. The lowest BCUT2D eigenvalue weighted by molar-refractivity contribution is -0.118. The molecule has 1 aliphatic heterocycles. The van der Waals surface area contributed by atoms with Crippen molar-refractivity contribution in [2.45, 2.75) is 6.92 Å². The number of hydrogen-bond acceptors (Lipinski definition) is 10. The number of aromatic nitrogens is 7. The normalized spacial score (nSPS) is 13.8. The maximum Gasteiger partial charge on any atom is 0.226 e. The number of carbonyl (C=O) groups is 1. The average Bonchev–Trinajstić information content (AvgIpc) is 3.30. The number of fused-ring (bicyclic) bond motifs is 2. The van der Waals surface area contributed by atoms with Crippen LogP contribution in [0.5, 0.6) is 11.5 Å². The van der Waals surface area contributed by atoms with Crippen molar-refractivity contribution < 1.29 is 9.53 Å². The molecule has 1 saturated heterocycles. The number of hydrogen-bond donors (Lipinski definition) is 1. The van der Waals surface area contributed by atoms with Gasteiger partial charge in [-0.15, -0.1) is 5.10 Å². The first-order chi connectivity index (χ1) is 18.1. The SMILES string of the molecule is Cc1cc(Nc2ncnc3cnc(N4CCN(C=O)CC4)nc23)ccc1Oc1ccc2c(c1)nnn2C. The van der Waals surface area contributed by atoms with Crippen LogP contribution in [0.4, 0.5) is 17.5 Å². The van der Waals surface area contributed by atoms with Crippen molar-refractivity contribution in [1.29, 1.82) is 0 Å². The molecular weight excluding hydrogens is 472 g/mol. The Morgan fingerprint density at radius 2 is 1.86 bits per heavy atom. The third kappa shape index (κ3) is 4.44. The van der Waals surface area contributed by atoms with Gasteiger partial charge in [0.15, 0.2) is 5.82 Å². The minimum atomic E-state index is 0.585. The lowest BCUT2D eigenvalue weighted by Crippen LogP contribution is -2.46. The first-order valence-corrected chi connectivity index (χ1v) is 11.8. The predicted octanol–water partition coefficient (Wildman–Crippen LogP) is 2.82. The van der Waals surface area contributed by atoms with Gasteiger partial charge in [0.25, 0.3) is 0 Å². The fourth-order valence-corrected chi connectivity index (χ4v) is 4.31. The highest BCUT2D eigenvalue weighted by Gasteiger charge is 2.19. The van der Waals surface area contributed by atoms with Crippen LogP contribution in [0.15, 0.2) is 48.9 Å². The smallest absolute Gasteiger partial charge is 0.226 e. The van der Waals surface area contributed by atoms with Crippen molar-refractivity contribution in [2.24, 2.45) is 7.05 Å². The zero-order valence-electron chi connectivity index (χ0n) is 20.4. The number of nitrogens with one attached hydrogen (secondary N) is 1. The van der Waals surface area contributed by atoms with Gasteiger partial charge in [0.05, 0.1) is 11.7 Å². The Hall–Kier alpha value is -4.87. The van der Waals surface area contributed by atoms with E-state index < -0.39 is 0 Å². The van der Waals surface area contributed by atoms with Gasteiger partial charge < -0.3 is 19.9 Å².